The molecule has 1 aromatic carbocycles. The van der Waals surface area contributed by atoms with Crippen LogP contribution in [0.2, 0.25) is 10.0 Å². The first kappa shape index (κ1) is 16.1. The van der Waals surface area contributed by atoms with Crippen LogP contribution in [0.15, 0.2) is 12.1 Å². The number of aryl methyl sites for hydroxylation is 2. The first-order valence-electron chi connectivity index (χ1n) is 6.29. The predicted octanol–water partition coefficient (Wildman–Crippen LogP) is 4.14. The third kappa shape index (κ3) is 3.48. The first-order chi connectivity index (χ1) is 9.79. The summed E-state index contributed by atoms with van der Waals surface area (Å²) in [6.45, 7) is 5.78. The van der Waals surface area contributed by atoms with E-state index < -0.39 is 0 Å². The Morgan fingerprint density at radius 2 is 2.05 bits per heavy atom. The van der Waals surface area contributed by atoms with Gasteiger partial charge in [-0.3, -0.25) is 4.79 Å². The largest absolute Gasteiger partial charge is 0.397 e. The van der Waals surface area contributed by atoms with Crippen molar-refractivity contribution in [2.75, 3.05) is 5.73 Å². The van der Waals surface area contributed by atoms with Crippen LogP contribution in [0.4, 0.5) is 5.69 Å². The third-order valence-electron chi connectivity index (χ3n) is 3.00. The monoisotopic (exact) mass is 343 g/mol. The van der Waals surface area contributed by atoms with Gasteiger partial charge in [0.05, 0.1) is 32.5 Å². The van der Waals surface area contributed by atoms with E-state index in [-0.39, 0.29) is 27.7 Å². The number of halogens is 2. The lowest BCUT2D eigenvalue weighted by molar-refractivity contribution is 0.0940. The maximum atomic E-state index is 12.3. The summed E-state index contributed by atoms with van der Waals surface area (Å²) >= 11 is 13.4. The number of hydrogen-bond donors (Lipinski definition) is 2. The lowest BCUT2D eigenvalue weighted by Crippen LogP contribution is -2.26. The third-order valence-corrected chi connectivity index (χ3v) is 5.07. The molecule has 0 spiro atoms. The Kier molecular flexibility index (Phi) is 4.76. The van der Waals surface area contributed by atoms with Crippen molar-refractivity contribution >= 4 is 46.1 Å². The summed E-state index contributed by atoms with van der Waals surface area (Å²) in [5.74, 6) is -0.252. The van der Waals surface area contributed by atoms with Crippen LogP contribution in [0.5, 0.6) is 0 Å². The van der Waals surface area contributed by atoms with Crippen LogP contribution in [0.3, 0.4) is 0 Å². The summed E-state index contributed by atoms with van der Waals surface area (Å²) in [5.41, 5.74) is 7.32. The van der Waals surface area contributed by atoms with E-state index in [9.17, 15) is 4.79 Å². The minimum absolute atomic E-state index is 0.139. The van der Waals surface area contributed by atoms with Gasteiger partial charge in [0.2, 0.25) is 0 Å². The Balaban J connectivity index is 2.20. The summed E-state index contributed by atoms with van der Waals surface area (Å²) in [5, 5.41) is 4.41. The van der Waals surface area contributed by atoms with Crippen LogP contribution < -0.4 is 11.1 Å². The highest BCUT2D eigenvalue weighted by Crippen LogP contribution is 2.30. The van der Waals surface area contributed by atoms with Crippen molar-refractivity contribution in [3.05, 3.63) is 43.3 Å². The van der Waals surface area contributed by atoms with Gasteiger partial charge in [-0.2, -0.15) is 0 Å². The average molecular weight is 344 g/mol. The van der Waals surface area contributed by atoms with Gasteiger partial charge < -0.3 is 11.1 Å². The summed E-state index contributed by atoms with van der Waals surface area (Å²) in [6.07, 6.45) is 0. The number of nitrogens with one attached hydrogen (secondary N) is 1. The number of nitrogen functional groups attached to an aromatic ring is 1. The Hall–Kier alpha value is -1.30. The molecule has 7 heteroatoms. The normalized spacial score (nSPS) is 12.2. The summed E-state index contributed by atoms with van der Waals surface area (Å²) < 4.78 is 0. The molecular formula is C14H15Cl2N3OS. The summed E-state index contributed by atoms with van der Waals surface area (Å²) in [6, 6.07) is 2.88. The van der Waals surface area contributed by atoms with Crippen LogP contribution in [0.25, 0.3) is 0 Å². The van der Waals surface area contributed by atoms with Gasteiger partial charge in [0.15, 0.2) is 0 Å². The van der Waals surface area contributed by atoms with Gasteiger partial charge in [0, 0.05) is 10.4 Å². The van der Waals surface area contributed by atoms with Crippen LogP contribution >= 0.6 is 34.5 Å². The Morgan fingerprint density at radius 1 is 1.38 bits per heavy atom. The van der Waals surface area contributed by atoms with Crippen molar-refractivity contribution in [3.8, 4) is 0 Å². The topological polar surface area (TPSA) is 68.0 Å². The van der Waals surface area contributed by atoms with Crippen molar-refractivity contribution in [1.29, 1.82) is 0 Å². The fraction of sp³-hybridized carbons (Fsp3) is 0.286. The van der Waals surface area contributed by atoms with E-state index in [0.717, 1.165) is 15.6 Å². The lowest BCUT2D eigenvalue weighted by Gasteiger charge is -2.14. The van der Waals surface area contributed by atoms with E-state index in [4.69, 9.17) is 28.9 Å². The van der Waals surface area contributed by atoms with Gasteiger partial charge in [-0.1, -0.05) is 23.2 Å². The Labute approximate surface area is 137 Å². The molecule has 0 aliphatic rings. The summed E-state index contributed by atoms with van der Waals surface area (Å²) in [4.78, 5) is 17.7. The second-order valence-electron chi connectivity index (χ2n) is 4.74. The zero-order valence-electron chi connectivity index (χ0n) is 11.8. The van der Waals surface area contributed by atoms with Gasteiger partial charge in [-0.15, -0.1) is 11.3 Å². The molecule has 2 rings (SSSR count). The van der Waals surface area contributed by atoms with Crippen molar-refractivity contribution in [2.45, 2.75) is 26.8 Å². The number of aromatic nitrogens is 1. The zero-order valence-corrected chi connectivity index (χ0v) is 14.2. The van der Waals surface area contributed by atoms with Crippen LogP contribution in [0.1, 0.15) is 38.9 Å². The number of nitrogens with two attached hydrogens (primary N) is 1. The number of amides is 1. The maximum absolute atomic E-state index is 12.3. The fourth-order valence-corrected chi connectivity index (χ4v) is 3.30. The Bertz CT molecular complexity index is 677. The standard InChI is InChI=1S/C14H15Cl2N3OS/c1-6-13(21-8(3)18-6)7(2)19-14(20)9-4-10(15)12(16)11(17)5-9/h4-5,7H,17H2,1-3H3,(H,19,20). The molecular weight excluding hydrogens is 329 g/mol. The molecule has 1 unspecified atom stereocenters. The molecule has 21 heavy (non-hydrogen) atoms. The van der Waals surface area contributed by atoms with Crippen LogP contribution in [-0.4, -0.2) is 10.9 Å². The SMILES string of the molecule is Cc1nc(C)c(C(C)NC(=O)c2cc(N)c(Cl)c(Cl)c2)s1. The predicted molar refractivity (Wildman–Crippen MR) is 88.3 cm³/mol. The van der Waals surface area contributed by atoms with Gasteiger partial charge in [0.25, 0.3) is 5.91 Å². The molecule has 4 nitrogen and oxygen atoms in total. The number of thiazole rings is 1. The number of rotatable bonds is 3. The number of anilines is 1. The van der Waals surface area contributed by atoms with Crippen LogP contribution in [0, 0.1) is 13.8 Å². The molecule has 0 aliphatic carbocycles. The molecule has 1 aromatic heterocycles. The van der Waals surface area contributed by atoms with Gasteiger partial charge in [-0.05, 0) is 32.9 Å². The molecule has 0 aliphatic heterocycles. The molecule has 0 saturated carbocycles. The minimum atomic E-state index is -0.252. The van der Waals surface area contributed by atoms with E-state index in [0.29, 0.717) is 5.56 Å². The van der Waals surface area contributed by atoms with E-state index >= 15 is 0 Å². The number of nitrogens with zero attached hydrogens (tertiary/aromatic N) is 1. The lowest BCUT2D eigenvalue weighted by atomic mass is 10.1. The van der Waals surface area contributed by atoms with E-state index in [1.165, 1.54) is 12.1 Å². The summed E-state index contributed by atoms with van der Waals surface area (Å²) in [7, 11) is 0. The Morgan fingerprint density at radius 3 is 2.57 bits per heavy atom. The van der Waals surface area contributed by atoms with E-state index in [2.05, 4.69) is 10.3 Å². The van der Waals surface area contributed by atoms with Crippen molar-refractivity contribution in [1.82, 2.24) is 10.3 Å². The molecule has 0 fully saturated rings. The fourth-order valence-electron chi connectivity index (χ4n) is 2.04. The highest BCUT2D eigenvalue weighted by Gasteiger charge is 2.17. The zero-order chi connectivity index (χ0) is 15.7. The van der Waals surface area contributed by atoms with Gasteiger partial charge in [0.1, 0.15) is 0 Å². The molecule has 3 N–H and O–H groups in total. The maximum Gasteiger partial charge on any atom is 0.251 e. The minimum Gasteiger partial charge on any atom is -0.397 e. The number of hydrogen-bond acceptors (Lipinski definition) is 4. The average Bonchev–Trinajstić information content (AvgIpc) is 2.74. The van der Waals surface area contributed by atoms with Gasteiger partial charge in [-0.25, -0.2) is 4.98 Å². The number of carbonyl (C=O) groups excluding carboxylic acids is 1. The molecule has 1 atom stereocenters. The molecule has 1 amide bonds. The van der Waals surface area contributed by atoms with E-state index in [1.54, 1.807) is 11.3 Å². The van der Waals surface area contributed by atoms with Crippen molar-refractivity contribution in [3.63, 3.8) is 0 Å². The number of carbonyl (C=O) groups is 1. The quantitative estimate of drug-likeness (QED) is 0.823. The molecule has 2 aromatic rings. The van der Waals surface area contributed by atoms with Crippen molar-refractivity contribution < 1.29 is 4.79 Å². The highest BCUT2D eigenvalue weighted by atomic mass is 35.5. The molecule has 1 heterocycles. The number of benzene rings is 1. The van der Waals surface area contributed by atoms with Crippen molar-refractivity contribution in [2.24, 2.45) is 0 Å². The highest BCUT2D eigenvalue weighted by molar-refractivity contribution is 7.11. The first-order valence-corrected chi connectivity index (χ1v) is 7.86. The van der Waals surface area contributed by atoms with Gasteiger partial charge >= 0.3 is 0 Å². The van der Waals surface area contributed by atoms with Crippen LogP contribution in [-0.2, 0) is 0 Å². The molecule has 112 valence electrons. The second-order valence-corrected chi connectivity index (χ2v) is 6.76. The van der Waals surface area contributed by atoms with E-state index in [1.807, 2.05) is 20.8 Å². The molecule has 0 radical (unpaired) electrons. The smallest absolute Gasteiger partial charge is 0.251 e. The molecule has 0 saturated heterocycles. The second kappa shape index (κ2) is 6.22. The molecule has 0 bridgehead atoms.